The van der Waals surface area contributed by atoms with E-state index in [2.05, 4.69) is 30.7 Å². The number of H-pyrrole nitrogens is 1. The van der Waals surface area contributed by atoms with Gasteiger partial charge >= 0.3 is 0 Å². The molecule has 0 saturated carbocycles. The second-order valence-corrected chi connectivity index (χ2v) is 9.31. The van der Waals surface area contributed by atoms with Gasteiger partial charge in [-0.1, -0.05) is 35.6 Å². The van der Waals surface area contributed by atoms with E-state index >= 15 is 0 Å². The fraction of sp³-hybridized carbons (Fsp3) is 0.0952. The zero-order valence-electron chi connectivity index (χ0n) is 18.4. The smallest absolute Gasteiger partial charge is 0.295 e. The lowest BCUT2D eigenvalue weighted by Crippen LogP contribution is -2.20. The predicted molar refractivity (Wildman–Crippen MR) is 132 cm³/mol. The van der Waals surface area contributed by atoms with Crippen molar-refractivity contribution in [2.24, 2.45) is 7.05 Å². The van der Waals surface area contributed by atoms with Gasteiger partial charge in [-0.3, -0.25) is 24.7 Å². The van der Waals surface area contributed by atoms with Crippen molar-refractivity contribution in [2.45, 2.75) is 17.0 Å². The topological polar surface area (TPSA) is 149 Å². The number of aromatic nitrogens is 7. The quantitative estimate of drug-likeness (QED) is 0.247. The van der Waals surface area contributed by atoms with E-state index < -0.39 is 4.92 Å². The molecule has 0 saturated heterocycles. The Labute approximate surface area is 205 Å². The van der Waals surface area contributed by atoms with Crippen LogP contribution in [0.15, 0.2) is 69.7 Å². The van der Waals surface area contributed by atoms with Crippen LogP contribution in [0.5, 0.6) is 0 Å². The highest BCUT2D eigenvalue weighted by Crippen LogP contribution is 2.37. The number of nitrogens with zero attached hydrogens (tertiary/aromatic N) is 7. The number of hydrogen-bond acceptors (Lipinski definition) is 10. The van der Waals surface area contributed by atoms with Crippen LogP contribution in [0.3, 0.4) is 0 Å². The van der Waals surface area contributed by atoms with Gasteiger partial charge in [0.15, 0.2) is 5.16 Å². The summed E-state index contributed by atoms with van der Waals surface area (Å²) >= 11 is 2.30. The molecular formula is C21H17N9O3S2. The largest absolute Gasteiger partial charge is 0.324 e. The Balaban J connectivity index is 1.44. The normalized spacial score (nSPS) is 11.0. The number of benzene rings is 2. The van der Waals surface area contributed by atoms with E-state index in [9.17, 15) is 14.9 Å². The van der Waals surface area contributed by atoms with Crippen molar-refractivity contribution in [1.29, 1.82) is 0 Å². The van der Waals surface area contributed by atoms with E-state index in [4.69, 9.17) is 0 Å². The number of rotatable bonds is 7. The first-order valence-electron chi connectivity index (χ1n) is 10.2. The van der Waals surface area contributed by atoms with Crippen LogP contribution in [0.2, 0.25) is 0 Å². The van der Waals surface area contributed by atoms with Gasteiger partial charge in [0.25, 0.3) is 11.2 Å². The molecule has 12 nitrogen and oxygen atoms in total. The zero-order valence-corrected chi connectivity index (χ0v) is 20.0. The first-order valence-corrected chi connectivity index (χ1v) is 11.8. The van der Waals surface area contributed by atoms with E-state index in [-0.39, 0.29) is 11.2 Å². The van der Waals surface area contributed by atoms with Crippen molar-refractivity contribution >= 4 is 39.6 Å². The van der Waals surface area contributed by atoms with E-state index in [1.807, 2.05) is 37.3 Å². The molecule has 5 aromatic rings. The molecular weight excluding hydrogens is 490 g/mol. The molecule has 5 rings (SSSR count). The molecule has 0 fully saturated rings. The maximum absolute atomic E-state index is 13.1. The highest BCUT2D eigenvalue weighted by molar-refractivity contribution is 7.99. The van der Waals surface area contributed by atoms with Gasteiger partial charge in [0, 0.05) is 18.7 Å². The lowest BCUT2D eigenvalue weighted by molar-refractivity contribution is -0.387. The van der Waals surface area contributed by atoms with Gasteiger partial charge in [0.05, 0.1) is 21.2 Å². The van der Waals surface area contributed by atoms with Crippen molar-refractivity contribution in [3.63, 3.8) is 0 Å². The Morgan fingerprint density at radius 3 is 2.69 bits per heavy atom. The van der Waals surface area contributed by atoms with Gasteiger partial charge in [-0.25, -0.2) is 9.67 Å². The van der Waals surface area contributed by atoms with Crippen LogP contribution in [0.25, 0.3) is 16.3 Å². The zero-order chi connectivity index (χ0) is 24.5. The molecule has 35 heavy (non-hydrogen) atoms. The summed E-state index contributed by atoms with van der Waals surface area (Å²) in [7, 11) is 1.80. The van der Waals surface area contributed by atoms with Crippen LogP contribution >= 0.6 is 23.1 Å². The number of para-hydroxylation sites is 1. The van der Waals surface area contributed by atoms with Crippen LogP contribution in [-0.4, -0.2) is 39.7 Å². The van der Waals surface area contributed by atoms with Crippen molar-refractivity contribution in [3.05, 3.63) is 81.0 Å². The SMILES string of the molecule is Cc1c(Nc2nnc(-c3ccc(Sc4ncn[nH]4)c([N+](=O)[O-])c3)s2)c(=O)n(-c2ccccc2)n1C. The molecule has 0 aliphatic rings. The van der Waals surface area contributed by atoms with E-state index in [1.165, 1.54) is 23.7 Å². The Bertz CT molecular complexity index is 1570. The standard InChI is InChI=1S/C21H17N9O3S2/c1-12-17(19(31)29(28(12)2)14-6-4-3-5-7-14)24-21-27-25-18(35-21)13-8-9-16(15(10-13)30(32)33)34-20-22-11-23-26-20/h3-11H,1-2H3,(H,24,27)(H,22,23,26). The third kappa shape index (κ3) is 4.31. The van der Waals surface area contributed by atoms with E-state index in [0.29, 0.717) is 31.4 Å². The molecule has 14 heteroatoms. The lowest BCUT2D eigenvalue weighted by Gasteiger charge is -2.07. The van der Waals surface area contributed by atoms with Crippen LogP contribution in [-0.2, 0) is 7.05 Å². The molecule has 0 amide bonds. The summed E-state index contributed by atoms with van der Waals surface area (Å²) in [5, 5.41) is 30.8. The fourth-order valence-electron chi connectivity index (χ4n) is 3.44. The second-order valence-electron chi connectivity index (χ2n) is 7.31. The molecule has 0 radical (unpaired) electrons. The average molecular weight is 508 g/mol. The minimum absolute atomic E-state index is 0.0849. The molecule has 0 spiro atoms. The third-order valence-electron chi connectivity index (χ3n) is 5.21. The molecule has 2 aromatic carbocycles. The second kappa shape index (κ2) is 9.15. The summed E-state index contributed by atoms with van der Waals surface area (Å²) in [5.41, 5.74) is 2.07. The van der Waals surface area contributed by atoms with Crippen LogP contribution < -0.4 is 10.9 Å². The van der Waals surface area contributed by atoms with Crippen molar-refractivity contribution < 1.29 is 4.92 Å². The summed E-state index contributed by atoms with van der Waals surface area (Å²) in [5.74, 6) is 0. The van der Waals surface area contributed by atoms with Crippen LogP contribution in [0.4, 0.5) is 16.5 Å². The molecule has 176 valence electrons. The average Bonchev–Trinajstić information content (AvgIpc) is 3.59. The van der Waals surface area contributed by atoms with Crippen LogP contribution in [0.1, 0.15) is 5.69 Å². The van der Waals surface area contributed by atoms with Crippen molar-refractivity contribution in [2.75, 3.05) is 5.32 Å². The van der Waals surface area contributed by atoms with Gasteiger partial charge < -0.3 is 5.32 Å². The number of nitro benzene ring substituents is 1. The minimum Gasteiger partial charge on any atom is -0.324 e. The van der Waals surface area contributed by atoms with Gasteiger partial charge in [-0.05, 0) is 36.9 Å². The van der Waals surface area contributed by atoms with Crippen molar-refractivity contribution in [1.82, 2.24) is 34.7 Å². The fourth-order valence-corrected chi connectivity index (χ4v) is 4.96. The maximum atomic E-state index is 13.1. The summed E-state index contributed by atoms with van der Waals surface area (Å²) in [6.07, 6.45) is 1.33. The van der Waals surface area contributed by atoms with Crippen molar-refractivity contribution in [3.8, 4) is 16.3 Å². The Morgan fingerprint density at radius 1 is 1.17 bits per heavy atom. The molecule has 0 unspecified atom stereocenters. The highest BCUT2D eigenvalue weighted by Gasteiger charge is 2.21. The number of hydrogen-bond donors (Lipinski definition) is 2. The molecule has 3 aromatic heterocycles. The lowest BCUT2D eigenvalue weighted by atomic mass is 10.2. The van der Waals surface area contributed by atoms with E-state index in [0.717, 1.165) is 23.1 Å². The first kappa shape index (κ1) is 22.5. The predicted octanol–water partition coefficient (Wildman–Crippen LogP) is 3.92. The number of aromatic amines is 1. The molecule has 2 N–H and O–H groups in total. The van der Waals surface area contributed by atoms with E-state index in [1.54, 1.807) is 28.5 Å². The summed E-state index contributed by atoms with van der Waals surface area (Å²) in [6.45, 7) is 1.83. The number of nitrogens with one attached hydrogen (secondary N) is 2. The molecule has 0 bridgehead atoms. The molecule has 0 aliphatic heterocycles. The highest BCUT2D eigenvalue weighted by atomic mass is 32.2. The summed E-state index contributed by atoms with van der Waals surface area (Å²) in [4.78, 5) is 28.7. The monoisotopic (exact) mass is 507 g/mol. The summed E-state index contributed by atoms with van der Waals surface area (Å²) in [6, 6.07) is 14.1. The van der Waals surface area contributed by atoms with Gasteiger partial charge in [0.2, 0.25) is 5.13 Å². The van der Waals surface area contributed by atoms with Crippen LogP contribution in [0, 0.1) is 17.0 Å². The number of anilines is 2. The van der Waals surface area contributed by atoms with Gasteiger partial charge in [-0.2, -0.15) is 5.10 Å². The molecule has 0 atom stereocenters. The number of nitro groups is 1. The Kier molecular flexibility index (Phi) is 5.88. The summed E-state index contributed by atoms with van der Waals surface area (Å²) < 4.78 is 3.32. The third-order valence-corrected chi connectivity index (χ3v) is 7.06. The Hall–Kier alpha value is -4.30. The van der Waals surface area contributed by atoms with Gasteiger partial charge in [-0.15, -0.1) is 10.2 Å². The molecule has 0 aliphatic carbocycles. The maximum Gasteiger partial charge on any atom is 0.295 e. The first-order chi connectivity index (χ1) is 16.9. The minimum atomic E-state index is -0.457. The molecule has 3 heterocycles. The Morgan fingerprint density at radius 2 is 1.97 bits per heavy atom. The van der Waals surface area contributed by atoms with Gasteiger partial charge in [0.1, 0.15) is 17.0 Å².